The second-order valence-electron chi connectivity index (χ2n) is 5.82. The fraction of sp³-hybridized carbons (Fsp3) is 0.412. The van der Waals surface area contributed by atoms with Crippen LogP contribution in [0.1, 0.15) is 25.1 Å². The number of nitrogens with one attached hydrogen (secondary N) is 1. The predicted octanol–water partition coefficient (Wildman–Crippen LogP) is 2.39. The van der Waals surface area contributed by atoms with Gasteiger partial charge in [-0.25, -0.2) is 0 Å². The highest BCUT2D eigenvalue weighted by Gasteiger charge is 2.25. The van der Waals surface area contributed by atoms with Crippen LogP contribution in [0.4, 0.5) is 0 Å². The molecule has 5 heteroatoms. The number of rotatable bonds is 4. The van der Waals surface area contributed by atoms with Gasteiger partial charge in [0.05, 0.1) is 11.8 Å². The Hall–Kier alpha value is -2.14. The summed E-state index contributed by atoms with van der Waals surface area (Å²) in [4.78, 5) is 14.1. The van der Waals surface area contributed by atoms with E-state index < -0.39 is 0 Å². The number of fused-ring (bicyclic) bond motifs is 1. The van der Waals surface area contributed by atoms with Gasteiger partial charge < -0.3 is 9.64 Å². The molecule has 0 aliphatic carbocycles. The van der Waals surface area contributed by atoms with Crippen molar-refractivity contribution in [1.29, 1.82) is 0 Å². The maximum atomic E-state index is 12.3. The molecule has 0 saturated heterocycles. The summed E-state index contributed by atoms with van der Waals surface area (Å²) in [7, 11) is 0. The molecule has 0 unspecified atom stereocenters. The molecule has 3 rings (SSSR count). The van der Waals surface area contributed by atoms with Gasteiger partial charge in [-0.2, -0.15) is 5.10 Å². The number of aromatic nitrogens is 2. The average molecular weight is 299 g/mol. The molecule has 1 aromatic heterocycles. The standard InChI is InChI=1S/C17H21N3O2/c1-12(2)22-11-16(21)20-9-8-15-14(10-20)17(19-18-15)13-6-4-3-5-7-13/h3-7,12H,8-11H2,1-2H3,(H,18,19). The van der Waals surface area contributed by atoms with Crippen LogP contribution in [0.15, 0.2) is 30.3 Å². The SMILES string of the molecule is CC(C)OCC(=O)N1CCc2[nH]nc(-c3ccccc3)c2C1. The molecule has 0 spiro atoms. The van der Waals surface area contributed by atoms with Crippen molar-refractivity contribution in [2.24, 2.45) is 0 Å². The van der Waals surface area contributed by atoms with Gasteiger partial charge in [0.25, 0.3) is 0 Å². The average Bonchev–Trinajstić information content (AvgIpc) is 2.96. The lowest BCUT2D eigenvalue weighted by atomic mass is 10.0. The molecule has 0 fully saturated rings. The Morgan fingerprint density at radius 1 is 1.36 bits per heavy atom. The second kappa shape index (κ2) is 6.32. The molecule has 1 N–H and O–H groups in total. The van der Waals surface area contributed by atoms with E-state index in [9.17, 15) is 4.79 Å². The van der Waals surface area contributed by atoms with Gasteiger partial charge in [-0.1, -0.05) is 30.3 Å². The molecule has 0 saturated carbocycles. The van der Waals surface area contributed by atoms with Crippen molar-refractivity contribution in [3.63, 3.8) is 0 Å². The van der Waals surface area contributed by atoms with E-state index in [1.54, 1.807) is 0 Å². The molecule has 116 valence electrons. The minimum absolute atomic E-state index is 0.0413. The number of carbonyl (C=O) groups excluding carboxylic acids is 1. The van der Waals surface area contributed by atoms with Crippen LogP contribution in [0.25, 0.3) is 11.3 Å². The van der Waals surface area contributed by atoms with Crippen LogP contribution in [0.5, 0.6) is 0 Å². The molecule has 1 aromatic carbocycles. The van der Waals surface area contributed by atoms with Crippen LogP contribution in [-0.2, 0) is 22.5 Å². The Balaban J connectivity index is 1.77. The first-order valence-electron chi connectivity index (χ1n) is 7.66. The number of carbonyl (C=O) groups is 1. The summed E-state index contributed by atoms with van der Waals surface area (Å²) in [6.07, 6.45) is 0.876. The molecular formula is C17H21N3O2. The number of hydrogen-bond donors (Lipinski definition) is 1. The van der Waals surface area contributed by atoms with Gasteiger partial charge in [-0.15, -0.1) is 0 Å². The van der Waals surface area contributed by atoms with Gasteiger partial charge in [-0.3, -0.25) is 9.89 Å². The van der Waals surface area contributed by atoms with Crippen LogP contribution < -0.4 is 0 Å². The van der Waals surface area contributed by atoms with Crippen molar-refractivity contribution >= 4 is 5.91 Å². The van der Waals surface area contributed by atoms with Crippen molar-refractivity contribution < 1.29 is 9.53 Å². The Kier molecular flexibility index (Phi) is 4.24. The topological polar surface area (TPSA) is 58.2 Å². The van der Waals surface area contributed by atoms with E-state index in [0.29, 0.717) is 13.1 Å². The van der Waals surface area contributed by atoms with Gasteiger partial charge in [-0.05, 0) is 13.8 Å². The molecule has 22 heavy (non-hydrogen) atoms. The summed E-state index contributed by atoms with van der Waals surface area (Å²) in [5, 5.41) is 7.56. The Morgan fingerprint density at radius 2 is 2.14 bits per heavy atom. The predicted molar refractivity (Wildman–Crippen MR) is 84.2 cm³/mol. The minimum atomic E-state index is 0.0413. The van der Waals surface area contributed by atoms with Crippen LogP contribution >= 0.6 is 0 Å². The first kappa shape index (κ1) is 14.8. The summed E-state index contributed by atoms with van der Waals surface area (Å²) in [6.45, 7) is 5.32. The van der Waals surface area contributed by atoms with Crippen molar-refractivity contribution in [3.8, 4) is 11.3 Å². The van der Waals surface area contributed by atoms with Crippen molar-refractivity contribution in [2.45, 2.75) is 32.9 Å². The third-order valence-corrected chi connectivity index (χ3v) is 3.87. The highest BCUT2D eigenvalue weighted by molar-refractivity contribution is 5.78. The molecule has 0 radical (unpaired) electrons. The summed E-state index contributed by atoms with van der Waals surface area (Å²) in [5.74, 6) is 0.0413. The summed E-state index contributed by atoms with van der Waals surface area (Å²) >= 11 is 0. The summed E-state index contributed by atoms with van der Waals surface area (Å²) < 4.78 is 5.43. The smallest absolute Gasteiger partial charge is 0.248 e. The zero-order chi connectivity index (χ0) is 15.5. The largest absolute Gasteiger partial charge is 0.369 e. The molecule has 2 aromatic rings. The molecule has 1 amide bonds. The third-order valence-electron chi connectivity index (χ3n) is 3.87. The summed E-state index contributed by atoms with van der Waals surface area (Å²) in [6, 6.07) is 10.1. The third kappa shape index (κ3) is 3.04. The highest BCUT2D eigenvalue weighted by Crippen LogP contribution is 2.28. The lowest BCUT2D eigenvalue weighted by molar-refractivity contribution is -0.138. The van der Waals surface area contributed by atoms with E-state index in [1.807, 2.05) is 49.1 Å². The normalized spacial score (nSPS) is 14.2. The number of aromatic amines is 1. The molecule has 1 aliphatic rings. The maximum absolute atomic E-state index is 12.3. The molecule has 0 bridgehead atoms. The molecular weight excluding hydrogens is 278 g/mol. The second-order valence-corrected chi connectivity index (χ2v) is 5.82. The quantitative estimate of drug-likeness (QED) is 0.943. The zero-order valence-electron chi connectivity index (χ0n) is 13.0. The molecule has 5 nitrogen and oxygen atoms in total. The van der Waals surface area contributed by atoms with E-state index >= 15 is 0 Å². The minimum Gasteiger partial charge on any atom is -0.369 e. The van der Waals surface area contributed by atoms with E-state index in [-0.39, 0.29) is 18.6 Å². The van der Waals surface area contributed by atoms with Gasteiger partial charge >= 0.3 is 0 Å². The van der Waals surface area contributed by atoms with Crippen LogP contribution in [-0.4, -0.2) is 40.3 Å². The van der Waals surface area contributed by atoms with Crippen LogP contribution in [0.3, 0.4) is 0 Å². The van der Waals surface area contributed by atoms with Gasteiger partial charge in [0.1, 0.15) is 6.61 Å². The number of hydrogen-bond acceptors (Lipinski definition) is 3. The van der Waals surface area contributed by atoms with E-state index in [4.69, 9.17) is 4.74 Å². The fourth-order valence-electron chi connectivity index (χ4n) is 2.67. The van der Waals surface area contributed by atoms with E-state index in [2.05, 4.69) is 10.2 Å². The van der Waals surface area contributed by atoms with Gasteiger partial charge in [0.15, 0.2) is 0 Å². The number of H-pyrrole nitrogens is 1. The number of ether oxygens (including phenoxy) is 1. The van der Waals surface area contributed by atoms with Crippen LogP contribution in [0, 0.1) is 0 Å². The summed E-state index contributed by atoms with van der Waals surface area (Å²) in [5.41, 5.74) is 4.27. The highest BCUT2D eigenvalue weighted by atomic mass is 16.5. The lowest BCUT2D eigenvalue weighted by Gasteiger charge is -2.27. The first-order chi connectivity index (χ1) is 10.6. The maximum Gasteiger partial charge on any atom is 0.248 e. The first-order valence-corrected chi connectivity index (χ1v) is 7.66. The Labute approximate surface area is 130 Å². The van der Waals surface area contributed by atoms with Crippen LogP contribution in [0.2, 0.25) is 0 Å². The number of benzene rings is 1. The fourth-order valence-corrected chi connectivity index (χ4v) is 2.67. The molecule has 1 aliphatic heterocycles. The van der Waals surface area contributed by atoms with E-state index in [1.165, 1.54) is 0 Å². The number of nitrogens with zero attached hydrogens (tertiary/aromatic N) is 2. The van der Waals surface area contributed by atoms with Gasteiger partial charge in [0, 0.05) is 36.3 Å². The van der Waals surface area contributed by atoms with E-state index in [0.717, 1.165) is 28.9 Å². The zero-order valence-corrected chi connectivity index (χ0v) is 13.0. The Bertz CT molecular complexity index is 649. The molecule has 0 atom stereocenters. The van der Waals surface area contributed by atoms with Crippen molar-refractivity contribution in [2.75, 3.05) is 13.2 Å². The van der Waals surface area contributed by atoms with Gasteiger partial charge in [0.2, 0.25) is 5.91 Å². The molecule has 2 heterocycles. The van der Waals surface area contributed by atoms with Crippen molar-refractivity contribution in [3.05, 3.63) is 41.6 Å². The van der Waals surface area contributed by atoms with Crippen molar-refractivity contribution in [1.82, 2.24) is 15.1 Å². The number of amides is 1. The Morgan fingerprint density at radius 3 is 2.86 bits per heavy atom. The monoisotopic (exact) mass is 299 g/mol. The lowest BCUT2D eigenvalue weighted by Crippen LogP contribution is -2.38.